The van der Waals surface area contributed by atoms with E-state index in [1.807, 2.05) is 0 Å². The van der Waals surface area contributed by atoms with Gasteiger partial charge >= 0.3 is 0 Å². The molecule has 2 aromatic carbocycles. The number of hydrogen-bond acceptors (Lipinski definition) is 0. The van der Waals surface area contributed by atoms with E-state index in [0.29, 0.717) is 29.7 Å². The maximum atomic E-state index is 2.96. The van der Waals surface area contributed by atoms with Gasteiger partial charge in [0.05, 0.1) is 16.5 Å². The highest BCUT2D eigenvalue weighted by Crippen LogP contribution is 2.65. The van der Waals surface area contributed by atoms with Gasteiger partial charge in [-0.15, -0.1) is 0 Å². The van der Waals surface area contributed by atoms with Crippen molar-refractivity contribution in [2.75, 3.05) is 7.05 Å². The second-order valence-corrected chi connectivity index (χ2v) is 15.2. The lowest BCUT2D eigenvalue weighted by atomic mass is 9.46. The van der Waals surface area contributed by atoms with Crippen LogP contribution in [0.2, 0.25) is 0 Å². The summed E-state index contributed by atoms with van der Waals surface area (Å²) in [5, 5.41) is 0. The Balaban J connectivity index is 1.54. The first-order valence-corrected chi connectivity index (χ1v) is 17.9. The van der Waals surface area contributed by atoms with Crippen LogP contribution in [-0.4, -0.2) is 39.7 Å². The zero-order valence-corrected chi connectivity index (χ0v) is 29.9. The van der Waals surface area contributed by atoms with Crippen LogP contribution in [0.25, 0.3) is 11.3 Å². The van der Waals surface area contributed by atoms with E-state index in [9.17, 15) is 0 Å². The molecule has 2 heteroatoms. The van der Waals surface area contributed by atoms with Gasteiger partial charge in [-0.25, -0.2) is 9.15 Å². The first-order valence-electron chi connectivity index (χ1n) is 17.9. The third-order valence-corrected chi connectivity index (χ3v) is 12.9. The molecule has 2 aliphatic carbocycles. The van der Waals surface area contributed by atoms with E-state index >= 15 is 0 Å². The van der Waals surface area contributed by atoms with Crippen molar-refractivity contribution in [3.8, 4) is 0 Å². The molecular formula is C44H54N2+2. The zero-order chi connectivity index (χ0) is 32.7. The normalized spacial score (nSPS) is 33.1. The number of aryl methyl sites for hydroxylation is 2. The minimum absolute atomic E-state index is 0.0616. The second-order valence-electron chi connectivity index (χ2n) is 15.2. The molecule has 2 nitrogen and oxygen atoms in total. The minimum Gasteiger partial charge on any atom is -0.215 e. The molecule has 7 atom stereocenters. The van der Waals surface area contributed by atoms with Gasteiger partial charge in [0.15, 0.2) is 6.04 Å². The lowest BCUT2D eigenvalue weighted by molar-refractivity contribution is -0.645. The standard InChI is InChI=1S/C44H54N2/c1-11-43-26-38(35-19-15-16-20-36(35)42-32(8)28(4)21-22-45(42)10)44(43,12-2)46-33(9)40(34-18-14-13-17-29(34)5)30(6)25-39(46)37-24-27(3)23-31(7)41(37)43/h13-20,22-26,28-29,33-34,40H,11-12,21H2,1-10H3/q+2. The Morgan fingerprint density at radius 2 is 1.59 bits per heavy atom. The molecule has 0 amide bonds. The van der Waals surface area contributed by atoms with Crippen molar-refractivity contribution >= 4 is 23.2 Å². The van der Waals surface area contributed by atoms with Crippen molar-refractivity contribution < 1.29 is 9.15 Å². The Hall–Kier alpha value is -3.52. The van der Waals surface area contributed by atoms with Gasteiger partial charge in [0.25, 0.3) is 0 Å². The SMILES string of the molecule is CCC12C=C(c3ccccc3C3=C(C)C(C)CC=[N+]3C)C1(CC)[N+]1=C(C=C(C)C(C3C=CC=CC3C)C1C)c1cc(C)cc(C)c12. The predicted molar refractivity (Wildman–Crippen MR) is 196 cm³/mol. The van der Waals surface area contributed by atoms with Crippen LogP contribution in [0.3, 0.4) is 0 Å². The fourth-order valence-electron chi connectivity index (χ4n) is 10.7. The lowest BCUT2D eigenvalue weighted by Crippen LogP contribution is -2.71. The van der Waals surface area contributed by atoms with Gasteiger partial charge < -0.3 is 0 Å². The molecule has 0 saturated heterocycles. The van der Waals surface area contributed by atoms with Crippen molar-refractivity contribution in [2.24, 2.45) is 23.7 Å². The highest BCUT2D eigenvalue weighted by Gasteiger charge is 2.72. The van der Waals surface area contributed by atoms with Crippen LogP contribution in [0.1, 0.15) is 101 Å². The van der Waals surface area contributed by atoms with Crippen LogP contribution in [0.5, 0.6) is 0 Å². The van der Waals surface area contributed by atoms with E-state index in [1.54, 1.807) is 5.56 Å². The van der Waals surface area contributed by atoms with Crippen LogP contribution in [0, 0.1) is 37.5 Å². The maximum Gasteiger partial charge on any atom is 0.211 e. The zero-order valence-electron chi connectivity index (χ0n) is 29.9. The third kappa shape index (κ3) is 4.01. The van der Waals surface area contributed by atoms with Gasteiger partial charge in [-0.3, -0.25) is 0 Å². The average molecular weight is 611 g/mol. The Morgan fingerprint density at radius 3 is 2.28 bits per heavy atom. The van der Waals surface area contributed by atoms with Gasteiger partial charge in [-0.1, -0.05) is 93.5 Å². The molecule has 0 spiro atoms. The van der Waals surface area contributed by atoms with E-state index in [-0.39, 0.29) is 11.0 Å². The average Bonchev–Trinajstić information content (AvgIpc) is 3.02. The fourth-order valence-corrected chi connectivity index (χ4v) is 10.7. The topological polar surface area (TPSA) is 6.02 Å². The van der Waals surface area contributed by atoms with Gasteiger partial charge in [-0.05, 0) is 87.6 Å². The summed E-state index contributed by atoms with van der Waals surface area (Å²) in [5.74, 6) is 2.01. The summed E-state index contributed by atoms with van der Waals surface area (Å²) in [5.41, 5.74) is 15.8. The Morgan fingerprint density at radius 1 is 0.870 bits per heavy atom. The number of fused-ring (bicyclic) bond motifs is 5. The van der Waals surface area contributed by atoms with Crippen molar-refractivity contribution in [1.29, 1.82) is 0 Å². The summed E-state index contributed by atoms with van der Waals surface area (Å²) in [4.78, 5) is 0. The summed E-state index contributed by atoms with van der Waals surface area (Å²) in [6.45, 7) is 21.7. The Bertz CT molecular complexity index is 1850. The monoisotopic (exact) mass is 610 g/mol. The number of benzene rings is 2. The van der Waals surface area contributed by atoms with Gasteiger partial charge in [0.1, 0.15) is 13.3 Å². The first kappa shape index (κ1) is 31.1. The van der Waals surface area contributed by atoms with E-state index in [2.05, 4.69) is 158 Å². The molecule has 5 aliphatic rings. The van der Waals surface area contributed by atoms with Crippen LogP contribution < -0.4 is 0 Å². The molecule has 3 heterocycles. The van der Waals surface area contributed by atoms with Crippen molar-refractivity contribution in [3.63, 3.8) is 0 Å². The molecule has 0 bridgehead atoms. The van der Waals surface area contributed by atoms with Crippen LogP contribution in [0.15, 0.2) is 84.0 Å². The van der Waals surface area contributed by atoms with Gasteiger partial charge in [0.2, 0.25) is 16.9 Å². The number of rotatable bonds is 5. The van der Waals surface area contributed by atoms with Crippen molar-refractivity contribution in [3.05, 3.63) is 117 Å². The molecule has 0 fully saturated rings. The lowest BCUT2D eigenvalue weighted by Gasteiger charge is -2.60. The molecule has 7 unspecified atom stereocenters. The molecule has 0 radical (unpaired) electrons. The molecule has 238 valence electrons. The molecule has 2 aromatic rings. The van der Waals surface area contributed by atoms with E-state index in [4.69, 9.17) is 0 Å². The van der Waals surface area contributed by atoms with Crippen molar-refractivity contribution in [1.82, 2.24) is 0 Å². The van der Waals surface area contributed by atoms with Crippen LogP contribution in [-0.2, 0) is 5.41 Å². The number of nitrogens with zero attached hydrogens (tertiary/aromatic N) is 2. The molecular weight excluding hydrogens is 556 g/mol. The summed E-state index contributed by atoms with van der Waals surface area (Å²) < 4.78 is 5.36. The third-order valence-electron chi connectivity index (χ3n) is 12.9. The highest BCUT2D eigenvalue weighted by atomic mass is 15.2. The quantitative estimate of drug-likeness (QED) is 0.297. The molecule has 0 aromatic heterocycles. The van der Waals surface area contributed by atoms with Crippen LogP contribution in [0.4, 0.5) is 0 Å². The van der Waals surface area contributed by atoms with Gasteiger partial charge in [-0.2, -0.15) is 0 Å². The summed E-state index contributed by atoms with van der Waals surface area (Å²) in [7, 11) is 2.25. The largest absolute Gasteiger partial charge is 0.215 e. The number of allylic oxidation sites excluding steroid dienone is 6. The Labute approximate surface area is 278 Å². The molecule has 0 saturated carbocycles. The molecule has 7 rings (SSSR count). The Kier molecular flexibility index (Phi) is 7.46. The van der Waals surface area contributed by atoms with Gasteiger partial charge in [0, 0.05) is 36.0 Å². The molecule has 3 aliphatic heterocycles. The molecule has 46 heavy (non-hydrogen) atoms. The van der Waals surface area contributed by atoms with Crippen LogP contribution >= 0.6 is 0 Å². The van der Waals surface area contributed by atoms with Crippen molar-refractivity contribution in [2.45, 2.75) is 98.6 Å². The second kappa shape index (κ2) is 11.0. The highest BCUT2D eigenvalue weighted by molar-refractivity contribution is 6.10. The smallest absolute Gasteiger partial charge is 0.211 e. The number of hydrogen-bond donors (Lipinski definition) is 0. The van der Waals surface area contributed by atoms with E-state index in [0.717, 1.165) is 19.3 Å². The summed E-state index contributed by atoms with van der Waals surface area (Å²) in [6.07, 6.45) is 20.4. The maximum absolute atomic E-state index is 2.96. The van der Waals surface area contributed by atoms with E-state index < -0.39 is 0 Å². The fraction of sp³-hybridized carbons (Fsp3) is 0.455. The summed E-state index contributed by atoms with van der Waals surface area (Å²) >= 11 is 0. The predicted octanol–water partition coefficient (Wildman–Crippen LogP) is 9.84. The minimum atomic E-state index is -0.149. The summed E-state index contributed by atoms with van der Waals surface area (Å²) in [6, 6.07) is 14.6. The van der Waals surface area contributed by atoms with E-state index in [1.165, 1.54) is 55.9 Å². The first-order chi connectivity index (χ1) is 22.0. The molecule has 0 N–H and O–H groups in total.